The molecule has 1 aliphatic rings. The van der Waals surface area contributed by atoms with E-state index < -0.39 is 0 Å². The van der Waals surface area contributed by atoms with Crippen LogP contribution < -0.4 is 24.8 Å². The Morgan fingerprint density at radius 2 is 1.25 bits per heavy atom. The van der Waals surface area contributed by atoms with Crippen LogP contribution in [0.5, 0.6) is 0 Å². The first-order valence-electron chi connectivity index (χ1n) is 9.59. The van der Waals surface area contributed by atoms with Crippen molar-refractivity contribution < 1.29 is 46.5 Å². The molecule has 0 aromatic heterocycles. The first-order valence-corrected chi connectivity index (χ1v) is 9.59. The van der Waals surface area contributed by atoms with Gasteiger partial charge in [-0.15, -0.1) is 34.4 Å². The fraction of sp³-hybridized carbons (Fsp3) is 0.333. The molecule has 2 aromatic carbocycles. The molecule has 0 fully saturated rings. The van der Waals surface area contributed by atoms with E-state index in [1.807, 2.05) is 20.8 Å². The Bertz CT molecular complexity index is 748. The van der Waals surface area contributed by atoms with E-state index in [9.17, 15) is 0 Å². The van der Waals surface area contributed by atoms with Crippen molar-refractivity contribution in [3.8, 4) is 0 Å². The number of benzene rings is 2. The second kappa shape index (κ2) is 21.0. The van der Waals surface area contributed by atoms with Crippen LogP contribution in [0.4, 0.5) is 0 Å². The van der Waals surface area contributed by atoms with Crippen LogP contribution in [0.15, 0.2) is 66.2 Å². The van der Waals surface area contributed by atoms with Crippen LogP contribution in [0.3, 0.4) is 0 Å². The van der Waals surface area contributed by atoms with E-state index in [1.165, 1.54) is 41.5 Å². The van der Waals surface area contributed by atoms with Gasteiger partial charge in [-0.05, 0) is 17.4 Å². The number of rotatable bonds is 5. The van der Waals surface area contributed by atoms with Gasteiger partial charge in [0.05, 0.1) is 0 Å². The zero-order chi connectivity index (χ0) is 19.0. The average Bonchev–Trinajstić information content (AvgIpc) is 3.04. The van der Waals surface area contributed by atoms with Gasteiger partial charge in [0, 0.05) is 0 Å². The Morgan fingerprint density at radius 3 is 1.66 bits per heavy atom. The molecule has 0 saturated carbocycles. The molecular weight excluding hydrogens is 485 g/mol. The molecule has 0 saturated heterocycles. The quantitative estimate of drug-likeness (QED) is 0.414. The van der Waals surface area contributed by atoms with Gasteiger partial charge in [-0.2, -0.15) is 11.6 Å². The zero-order valence-corrected chi connectivity index (χ0v) is 22.9. The van der Waals surface area contributed by atoms with Crippen LogP contribution in [0.1, 0.15) is 64.5 Å². The van der Waals surface area contributed by atoms with Crippen LogP contribution in [-0.2, 0) is 21.7 Å². The molecule has 5 heteroatoms. The van der Waals surface area contributed by atoms with Crippen LogP contribution in [0.2, 0.25) is 0 Å². The molecule has 1 N–H and O–H groups in total. The molecule has 0 radical (unpaired) electrons. The third-order valence-corrected chi connectivity index (χ3v) is 4.04. The topological polar surface area (TPSA) is 23.8 Å². The summed E-state index contributed by atoms with van der Waals surface area (Å²) in [5.41, 5.74) is 13.5. The van der Waals surface area contributed by atoms with Gasteiger partial charge in [-0.25, -0.2) is 0 Å². The zero-order valence-electron chi connectivity index (χ0n) is 19.9. The van der Waals surface area contributed by atoms with Gasteiger partial charge in [0.25, 0.3) is 0 Å². The largest absolute Gasteiger partial charge is 2.00 e. The molecule has 180 valence electrons. The van der Waals surface area contributed by atoms with Crippen molar-refractivity contribution in [1.29, 1.82) is 0 Å². The van der Waals surface area contributed by atoms with Crippen molar-refractivity contribution >= 4 is 22.1 Å². The smallest absolute Gasteiger partial charge is 1.00 e. The van der Waals surface area contributed by atoms with Crippen molar-refractivity contribution in [2.75, 3.05) is 0 Å². The summed E-state index contributed by atoms with van der Waals surface area (Å²) in [7, 11) is 0. The predicted octanol–water partition coefficient (Wildman–Crippen LogP) is 1.21. The Morgan fingerprint density at radius 1 is 0.844 bits per heavy atom. The molecule has 0 spiro atoms. The maximum Gasteiger partial charge on any atom is 2.00 e. The average molecular weight is 526 g/mol. The van der Waals surface area contributed by atoms with Crippen LogP contribution in [-0.4, -0.2) is 16.5 Å². The second-order valence-electron chi connectivity index (χ2n) is 7.79. The predicted molar refractivity (Wildman–Crippen MR) is 139 cm³/mol. The van der Waals surface area contributed by atoms with Gasteiger partial charge in [0.2, 0.25) is 0 Å². The first-order chi connectivity index (χ1) is 12.4. The number of unbranched alkanes of at least 4 members (excludes halogenated alkanes) is 1. The van der Waals surface area contributed by atoms with Gasteiger partial charge in [0.15, 0.2) is 0 Å². The van der Waals surface area contributed by atoms with Gasteiger partial charge in [-0.1, -0.05) is 101 Å². The summed E-state index contributed by atoms with van der Waals surface area (Å²) in [6.07, 6.45) is 8.29. The van der Waals surface area contributed by atoms with E-state index in [-0.39, 0.29) is 77.9 Å². The van der Waals surface area contributed by atoms with Crippen LogP contribution >= 0.6 is 0 Å². The van der Waals surface area contributed by atoms with Gasteiger partial charge >= 0.3 is 21.7 Å². The maximum absolute atomic E-state index is 6.94. The fourth-order valence-electron chi connectivity index (χ4n) is 2.96. The minimum absolute atomic E-state index is 0. The number of hydrogen-bond donors (Lipinski definition) is 0. The Kier molecular flexibility index (Phi) is 27.3. The standard InChI is InChI=1S/C21H21.C4H10N.2CH3.2ClH.H4Si.Ti/c1-2-3-10-19-15-16-20(17-11-6-4-7-12-17)21(19)18-13-8-5-9-14-18;1-4(2,3)5;;;;;;/h4-9,11-14H,2-3,10,15H2,1H3;5H,1-3H3;2*1H3;2*1H;1H4;/q4*-1;;;;+2/p-2. The van der Waals surface area contributed by atoms with Crippen molar-refractivity contribution in [3.63, 3.8) is 0 Å². The maximum atomic E-state index is 6.94. The Balaban J connectivity index is -0.000000202. The van der Waals surface area contributed by atoms with Crippen LogP contribution in [0.25, 0.3) is 16.9 Å². The molecular formula is C27H41Cl2NSiTi-4. The van der Waals surface area contributed by atoms with E-state index in [0.29, 0.717) is 0 Å². The van der Waals surface area contributed by atoms with Crippen molar-refractivity contribution in [3.05, 3.63) is 104 Å². The number of halogens is 2. The van der Waals surface area contributed by atoms with E-state index in [4.69, 9.17) is 5.73 Å². The number of allylic oxidation sites excluding steroid dienone is 4. The summed E-state index contributed by atoms with van der Waals surface area (Å²) in [5.74, 6) is 0. The summed E-state index contributed by atoms with van der Waals surface area (Å²) in [5, 5.41) is 0. The summed E-state index contributed by atoms with van der Waals surface area (Å²) >= 11 is 0. The fourth-order valence-corrected chi connectivity index (χ4v) is 2.96. The van der Waals surface area contributed by atoms with E-state index in [0.717, 1.165) is 6.42 Å². The first kappa shape index (κ1) is 41.6. The Labute approximate surface area is 230 Å². The van der Waals surface area contributed by atoms with Crippen molar-refractivity contribution in [1.82, 2.24) is 0 Å². The summed E-state index contributed by atoms with van der Waals surface area (Å²) in [6.45, 7) is 7.82. The third kappa shape index (κ3) is 14.5. The minimum atomic E-state index is -0.250. The molecule has 32 heavy (non-hydrogen) atoms. The molecule has 3 rings (SSSR count). The number of nitrogens with one attached hydrogen (secondary N) is 1. The molecule has 0 bridgehead atoms. The summed E-state index contributed by atoms with van der Waals surface area (Å²) < 4.78 is 0. The van der Waals surface area contributed by atoms with Gasteiger partial charge in [-0.3, -0.25) is 0 Å². The molecule has 2 aromatic rings. The van der Waals surface area contributed by atoms with Crippen molar-refractivity contribution in [2.45, 2.75) is 58.9 Å². The number of hydrogen-bond acceptors (Lipinski definition) is 0. The molecule has 0 amide bonds. The Hall–Kier alpha value is -0.609. The molecule has 0 unspecified atom stereocenters. The van der Waals surface area contributed by atoms with Crippen LogP contribution in [0, 0.1) is 20.9 Å². The summed E-state index contributed by atoms with van der Waals surface area (Å²) in [4.78, 5) is 0. The van der Waals surface area contributed by atoms with Crippen molar-refractivity contribution in [2.24, 2.45) is 0 Å². The SMILES string of the molecule is CC(C)(C)[NH-].CCCCC1=C(c2ccccc2)C(c2ccccc2)=[C-]C1.[CH3-].[CH3-].[Cl-].[Cl-].[SiH4].[Ti+2]. The molecule has 1 nitrogen and oxygen atoms in total. The molecule has 0 aliphatic heterocycles. The summed E-state index contributed by atoms with van der Waals surface area (Å²) in [6, 6.07) is 21.4. The second-order valence-corrected chi connectivity index (χ2v) is 7.79. The van der Waals surface area contributed by atoms with Gasteiger partial charge < -0.3 is 45.4 Å². The third-order valence-electron chi connectivity index (χ3n) is 4.04. The normalized spacial score (nSPS) is 11.3. The molecule has 0 heterocycles. The van der Waals surface area contributed by atoms with Gasteiger partial charge in [0.1, 0.15) is 0 Å². The van der Waals surface area contributed by atoms with E-state index in [1.54, 1.807) is 5.57 Å². The monoisotopic (exact) mass is 525 g/mol. The molecule has 0 atom stereocenters. The minimum Gasteiger partial charge on any atom is -1.00 e. The molecule has 1 aliphatic carbocycles. The van der Waals surface area contributed by atoms with E-state index >= 15 is 0 Å². The van der Waals surface area contributed by atoms with E-state index in [2.05, 4.69) is 73.7 Å².